The Morgan fingerprint density at radius 1 is 1.20 bits per heavy atom. The lowest BCUT2D eigenvalue weighted by molar-refractivity contribution is 0.0366. The Morgan fingerprint density at radius 3 is 2.56 bits per heavy atom. The highest BCUT2D eigenvalue weighted by atomic mass is 19.1. The third-order valence-electron chi connectivity index (χ3n) is 5.11. The summed E-state index contributed by atoms with van der Waals surface area (Å²) in [5.41, 5.74) is 7.82. The summed E-state index contributed by atoms with van der Waals surface area (Å²) in [6.45, 7) is 8.14. The number of allylic oxidation sites excluding steroid dienone is 1. The first-order chi connectivity index (χ1) is 12.0. The fraction of sp³-hybridized carbons (Fsp3) is 0.526. The van der Waals surface area contributed by atoms with Crippen LogP contribution in [0.15, 0.2) is 36.0 Å². The van der Waals surface area contributed by atoms with Gasteiger partial charge in [-0.2, -0.15) is 0 Å². The van der Waals surface area contributed by atoms with Crippen molar-refractivity contribution in [1.82, 2.24) is 9.80 Å². The third kappa shape index (κ3) is 4.08. The van der Waals surface area contributed by atoms with Crippen molar-refractivity contribution in [2.75, 3.05) is 45.9 Å². The van der Waals surface area contributed by atoms with Crippen LogP contribution in [0.4, 0.5) is 4.39 Å². The first-order valence-electron chi connectivity index (χ1n) is 8.86. The Balaban J connectivity index is 1.63. The summed E-state index contributed by atoms with van der Waals surface area (Å²) in [5, 5.41) is 8.45. The second-order valence-electron chi connectivity index (χ2n) is 6.87. The van der Waals surface area contributed by atoms with Gasteiger partial charge in [-0.05, 0) is 37.1 Å². The number of nitrogens with one attached hydrogen (secondary N) is 1. The van der Waals surface area contributed by atoms with Crippen molar-refractivity contribution in [1.29, 1.82) is 5.41 Å². The molecule has 1 aromatic carbocycles. The Morgan fingerprint density at radius 2 is 1.88 bits per heavy atom. The van der Waals surface area contributed by atoms with Crippen LogP contribution >= 0.6 is 0 Å². The van der Waals surface area contributed by atoms with Crippen LogP contribution in [0.3, 0.4) is 0 Å². The molecule has 2 heterocycles. The number of nitrogens with zero attached hydrogens (tertiary/aromatic N) is 2. The summed E-state index contributed by atoms with van der Waals surface area (Å²) < 4.78 is 18.6. The number of hydrogen-bond donors (Lipinski definition) is 2. The number of rotatable bonds is 5. The van der Waals surface area contributed by atoms with Crippen LogP contribution < -0.4 is 5.73 Å². The molecule has 1 saturated heterocycles. The van der Waals surface area contributed by atoms with E-state index in [2.05, 4.69) is 9.80 Å². The van der Waals surface area contributed by atoms with Crippen LogP contribution in [0.25, 0.3) is 0 Å². The Bertz CT molecular complexity index is 639. The standard InChI is InChI=1S/C19H27FN4O/c1-15-13-19(22,16-3-5-17(20)6-4-16)18(21)14-24(15)8-2-7-23-9-11-25-12-10-23/h3-6,13,21H,2,7-12,14,22H2,1H3. The van der Waals surface area contributed by atoms with Crippen LogP contribution in [0.5, 0.6) is 0 Å². The fourth-order valence-electron chi connectivity index (χ4n) is 3.50. The molecule has 0 amide bonds. The van der Waals surface area contributed by atoms with Crippen molar-refractivity contribution in [2.24, 2.45) is 5.73 Å². The van der Waals surface area contributed by atoms with E-state index in [1.807, 2.05) is 13.0 Å². The van der Waals surface area contributed by atoms with E-state index in [4.69, 9.17) is 15.9 Å². The van der Waals surface area contributed by atoms with Crippen LogP contribution in [0.2, 0.25) is 0 Å². The first-order valence-corrected chi connectivity index (χ1v) is 8.86. The molecule has 0 bridgehead atoms. The normalized spacial score (nSPS) is 25.2. The fourth-order valence-corrected chi connectivity index (χ4v) is 3.50. The zero-order valence-corrected chi connectivity index (χ0v) is 14.8. The molecule has 0 radical (unpaired) electrons. The van der Waals surface area contributed by atoms with E-state index in [0.29, 0.717) is 12.3 Å². The van der Waals surface area contributed by atoms with Crippen LogP contribution in [0.1, 0.15) is 18.9 Å². The van der Waals surface area contributed by atoms with Gasteiger partial charge in [0.05, 0.1) is 25.5 Å². The number of ether oxygens (including phenoxy) is 1. The van der Waals surface area contributed by atoms with Crippen molar-refractivity contribution in [3.8, 4) is 0 Å². The van der Waals surface area contributed by atoms with Gasteiger partial charge in [0.2, 0.25) is 0 Å². The molecular weight excluding hydrogens is 319 g/mol. The molecule has 2 aliphatic rings. The van der Waals surface area contributed by atoms with E-state index in [1.165, 1.54) is 12.1 Å². The zero-order chi connectivity index (χ0) is 17.9. The molecular formula is C19H27FN4O. The molecule has 1 aromatic rings. The number of halogens is 1. The van der Waals surface area contributed by atoms with Crippen molar-refractivity contribution >= 4 is 5.71 Å². The third-order valence-corrected chi connectivity index (χ3v) is 5.11. The van der Waals surface area contributed by atoms with Crippen molar-refractivity contribution in [2.45, 2.75) is 18.9 Å². The average molecular weight is 346 g/mol. The molecule has 0 aromatic heterocycles. The first kappa shape index (κ1) is 18.0. The maximum Gasteiger partial charge on any atom is 0.123 e. The summed E-state index contributed by atoms with van der Waals surface area (Å²) in [6.07, 6.45) is 2.98. The van der Waals surface area contributed by atoms with Crippen molar-refractivity contribution in [3.63, 3.8) is 0 Å². The van der Waals surface area contributed by atoms with E-state index < -0.39 is 5.54 Å². The Kier molecular flexibility index (Phi) is 5.51. The summed E-state index contributed by atoms with van der Waals surface area (Å²) in [6, 6.07) is 6.13. The maximum atomic E-state index is 13.2. The van der Waals surface area contributed by atoms with E-state index >= 15 is 0 Å². The predicted octanol–water partition coefficient (Wildman–Crippen LogP) is 1.94. The molecule has 1 atom stereocenters. The SMILES string of the molecule is CC1=CC(N)(c2ccc(F)cc2)C(=N)CN1CCCN1CCOCC1. The summed E-state index contributed by atoms with van der Waals surface area (Å²) in [4.78, 5) is 4.63. The molecule has 5 nitrogen and oxygen atoms in total. The van der Waals surface area contributed by atoms with Crippen LogP contribution in [0, 0.1) is 11.2 Å². The molecule has 6 heteroatoms. The van der Waals surface area contributed by atoms with Gasteiger partial charge in [0, 0.05) is 31.9 Å². The quantitative estimate of drug-likeness (QED) is 0.855. The van der Waals surface area contributed by atoms with Gasteiger partial charge in [-0.15, -0.1) is 0 Å². The van der Waals surface area contributed by atoms with Crippen LogP contribution in [-0.4, -0.2) is 61.4 Å². The average Bonchev–Trinajstić information content (AvgIpc) is 2.61. The Labute approximate surface area is 148 Å². The molecule has 25 heavy (non-hydrogen) atoms. The molecule has 1 fully saturated rings. The molecule has 0 aliphatic carbocycles. The number of morpholine rings is 1. The monoisotopic (exact) mass is 346 g/mol. The molecule has 3 rings (SSSR count). The molecule has 3 N–H and O–H groups in total. The van der Waals surface area contributed by atoms with Gasteiger partial charge in [0.15, 0.2) is 0 Å². The molecule has 2 aliphatic heterocycles. The van der Waals surface area contributed by atoms with Crippen LogP contribution in [-0.2, 0) is 10.3 Å². The highest BCUT2D eigenvalue weighted by Crippen LogP contribution is 2.29. The molecule has 0 spiro atoms. The van der Waals surface area contributed by atoms with Gasteiger partial charge < -0.3 is 20.8 Å². The van der Waals surface area contributed by atoms with E-state index in [-0.39, 0.29) is 5.82 Å². The lowest BCUT2D eigenvalue weighted by Gasteiger charge is -2.39. The predicted molar refractivity (Wildman–Crippen MR) is 97.2 cm³/mol. The summed E-state index contributed by atoms with van der Waals surface area (Å²) in [7, 11) is 0. The van der Waals surface area contributed by atoms with Gasteiger partial charge in [-0.1, -0.05) is 12.1 Å². The van der Waals surface area contributed by atoms with Gasteiger partial charge in [-0.25, -0.2) is 4.39 Å². The Hall–Kier alpha value is -1.76. The topological polar surface area (TPSA) is 65.6 Å². The molecule has 1 unspecified atom stereocenters. The minimum atomic E-state index is -0.946. The minimum Gasteiger partial charge on any atom is -0.379 e. The van der Waals surface area contributed by atoms with E-state index in [9.17, 15) is 4.39 Å². The van der Waals surface area contributed by atoms with E-state index in [1.54, 1.807) is 12.1 Å². The van der Waals surface area contributed by atoms with E-state index in [0.717, 1.165) is 57.1 Å². The molecule has 0 saturated carbocycles. The minimum absolute atomic E-state index is 0.292. The van der Waals surface area contributed by atoms with Gasteiger partial charge in [-0.3, -0.25) is 4.90 Å². The van der Waals surface area contributed by atoms with Gasteiger partial charge in [0.25, 0.3) is 0 Å². The lowest BCUT2D eigenvalue weighted by atomic mass is 9.82. The number of nitrogens with two attached hydrogens (primary N) is 1. The number of benzene rings is 1. The lowest BCUT2D eigenvalue weighted by Crippen LogP contribution is -2.52. The van der Waals surface area contributed by atoms with Gasteiger partial charge >= 0.3 is 0 Å². The smallest absolute Gasteiger partial charge is 0.123 e. The largest absolute Gasteiger partial charge is 0.379 e. The second-order valence-corrected chi connectivity index (χ2v) is 6.87. The number of hydrogen-bond acceptors (Lipinski definition) is 5. The summed E-state index contributed by atoms with van der Waals surface area (Å²) in [5.74, 6) is -0.292. The summed E-state index contributed by atoms with van der Waals surface area (Å²) >= 11 is 0. The van der Waals surface area contributed by atoms with Crippen molar-refractivity contribution in [3.05, 3.63) is 47.4 Å². The highest BCUT2D eigenvalue weighted by Gasteiger charge is 2.35. The second kappa shape index (κ2) is 7.64. The van der Waals surface area contributed by atoms with Gasteiger partial charge in [0.1, 0.15) is 11.4 Å². The van der Waals surface area contributed by atoms with Crippen molar-refractivity contribution < 1.29 is 9.13 Å². The highest BCUT2D eigenvalue weighted by molar-refractivity contribution is 5.96. The maximum absolute atomic E-state index is 13.2. The molecule has 136 valence electrons. The zero-order valence-electron chi connectivity index (χ0n) is 14.8.